The van der Waals surface area contributed by atoms with Crippen molar-refractivity contribution in [3.8, 4) is 0 Å². The van der Waals surface area contributed by atoms with E-state index in [0.29, 0.717) is 0 Å². The topological polar surface area (TPSA) is 0 Å². The van der Waals surface area contributed by atoms with Crippen molar-refractivity contribution >= 4 is 8.58 Å². The van der Waals surface area contributed by atoms with Gasteiger partial charge in [-0.15, -0.1) is 0 Å². The molecule has 0 spiro atoms. The fourth-order valence-electron chi connectivity index (χ4n) is 3.82. The largest absolute Gasteiger partial charge is 0.0834 e. The second-order valence-corrected chi connectivity index (χ2v) is 9.75. The highest BCUT2D eigenvalue weighted by Gasteiger charge is 1.93. The van der Waals surface area contributed by atoms with Gasteiger partial charge in [0.2, 0.25) is 0 Å². The van der Waals surface area contributed by atoms with E-state index in [9.17, 15) is 0 Å². The first kappa shape index (κ1) is 28.9. The van der Waals surface area contributed by atoms with Crippen molar-refractivity contribution in [3.05, 3.63) is 23.8 Å². The van der Waals surface area contributed by atoms with Crippen LogP contribution in [0.3, 0.4) is 0 Å². The van der Waals surface area contributed by atoms with Crippen molar-refractivity contribution in [2.45, 2.75) is 155 Å². The maximum Gasteiger partial charge on any atom is -0.0267 e. The summed E-state index contributed by atoms with van der Waals surface area (Å²) < 4.78 is 0. The molecular weight excluding hydrogens is 367 g/mol. The molecule has 0 heterocycles. The minimum Gasteiger partial charge on any atom is -0.0834 e. The Labute approximate surface area is 187 Å². The van der Waals surface area contributed by atoms with Gasteiger partial charge in [-0.3, -0.25) is 0 Å². The van der Waals surface area contributed by atoms with E-state index >= 15 is 0 Å². The molecule has 0 saturated carbocycles. The predicted molar refractivity (Wildman–Crippen MR) is 138 cm³/mol. The minimum atomic E-state index is 1.27. The summed E-state index contributed by atoms with van der Waals surface area (Å²) >= 11 is 0. The Balaban J connectivity index is 3.14. The molecule has 0 bridgehead atoms. The van der Waals surface area contributed by atoms with Crippen molar-refractivity contribution in [1.82, 2.24) is 0 Å². The highest BCUT2D eigenvalue weighted by molar-refractivity contribution is 7.45. The van der Waals surface area contributed by atoms with E-state index in [2.05, 4.69) is 37.6 Å². The van der Waals surface area contributed by atoms with Gasteiger partial charge in [0.1, 0.15) is 0 Å². The molecule has 0 aromatic rings. The maximum absolute atomic E-state index is 2.39. The van der Waals surface area contributed by atoms with Crippen LogP contribution in [0.1, 0.15) is 155 Å². The summed E-state index contributed by atoms with van der Waals surface area (Å²) in [6.07, 6.45) is 36.0. The number of allylic oxidation sites excluding steroid dienone is 2. The smallest absolute Gasteiger partial charge is 0.0267 e. The highest BCUT2D eigenvalue weighted by Crippen LogP contribution is 2.17. The van der Waals surface area contributed by atoms with Gasteiger partial charge < -0.3 is 0 Å². The van der Waals surface area contributed by atoms with Crippen LogP contribution in [0.25, 0.3) is 0 Å². The molecule has 0 N–H and O–H groups in total. The second kappa shape index (κ2) is 27.9. The Kier molecular flexibility index (Phi) is 27.8. The standard InChI is InChI=1S/C28H54P/c1-3-5-7-9-11-13-15-17-19-21-23-25-27-29-28-26-24-22-20-18-16-14-12-10-8-6-4-2/h25-28H,3-24H2,1-2H3. The third-order valence-corrected chi connectivity index (χ3v) is 6.60. The van der Waals surface area contributed by atoms with Crippen molar-refractivity contribution in [2.24, 2.45) is 0 Å². The summed E-state index contributed by atoms with van der Waals surface area (Å²) in [5.74, 6) is 4.67. The lowest BCUT2D eigenvalue weighted by atomic mass is 10.1. The summed E-state index contributed by atoms with van der Waals surface area (Å²) in [4.78, 5) is 0. The Bertz CT molecular complexity index is 299. The number of unbranched alkanes of at least 4 members (excludes halogenated alkanes) is 20. The minimum absolute atomic E-state index is 1.27. The van der Waals surface area contributed by atoms with E-state index in [1.54, 1.807) is 0 Å². The van der Waals surface area contributed by atoms with Gasteiger partial charge in [-0.1, -0.05) is 153 Å². The molecular formula is C28H54P. The van der Waals surface area contributed by atoms with Gasteiger partial charge in [-0.05, 0) is 34.3 Å². The third kappa shape index (κ3) is 27.9. The molecule has 0 aliphatic carbocycles. The van der Waals surface area contributed by atoms with Crippen LogP contribution >= 0.6 is 8.58 Å². The van der Waals surface area contributed by atoms with Crippen LogP contribution in [-0.2, 0) is 0 Å². The zero-order valence-corrected chi connectivity index (χ0v) is 21.2. The van der Waals surface area contributed by atoms with Crippen molar-refractivity contribution in [3.63, 3.8) is 0 Å². The van der Waals surface area contributed by atoms with Gasteiger partial charge in [0, 0.05) is 0 Å². The molecule has 171 valence electrons. The Morgan fingerprint density at radius 2 is 0.655 bits per heavy atom. The molecule has 29 heavy (non-hydrogen) atoms. The van der Waals surface area contributed by atoms with Crippen LogP contribution in [0.2, 0.25) is 0 Å². The monoisotopic (exact) mass is 421 g/mol. The summed E-state index contributed by atoms with van der Waals surface area (Å²) in [5.41, 5.74) is 0. The SMILES string of the molecule is CCCCCCCCCCCCC=C[P]C=CCCCCCCCCCCCC. The van der Waals surface area contributed by atoms with Gasteiger partial charge in [0.15, 0.2) is 0 Å². The van der Waals surface area contributed by atoms with E-state index in [4.69, 9.17) is 0 Å². The second-order valence-electron chi connectivity index (χ2n) is 8.86. The van der Waals surface area contributed by atoms with Crippen LogP contribution in [0.15, 0.2) is 23.8 Å². The third-order valence-electron chi connectivity index (χ3n) is 5.83. The van der Waals surface area contributed by atoms with Crippen LogP contribution in [0.4, 0.5) is 0 Å². The number of hydrogen-bond acceptors (Lipinski definition) is 0. The van der Waals surface area contributed by atoms with Gasteiger partial charge in [0.25, 0.3) is 0 Å². The van der Waals surface area contributed by atoms with Gasteiger partial charge in [0.05, 0.1) is 0 Å². The lowest BCUT2D eigenvalue weighted by Crippen LogP contribution is -1.81. The summed E-state index contributed by atoms with van der Waals surface area (Å²) in [7, 11) is 1.37. The van der Waals surface area contributed by atoms with Gasteiger partial charge >= 0.3 is 0 Å². The Hall–Kier alpha value is -0.0900. The van der Waals surface area contributed by atoms with Crippen molar-refractivity contribution < 1.29 is 0 Å². The molecule has 0 aromatic heterocycles. The molecule has 0 unspecified atom stereocenters. The van der Waals surface area contributed by atoms with Crippen LogP contribution in [-0.4, -0.2) is 0 Å². The molecule has 0 rings (SSSR count). The normalized spacial score (nSPS) is 12.3. The Morgan fingerprint density at radius 3 is 0.966 bits per heavy atom. The van der Waals surface area contributed by atoms with Crippen LogP contribution < -0.4 is 0 Å². The first-order valence-electron chi connectivity index (χ1n) is 13.4. The molecule has 0 aliphatic rings. The van der Waals surface area contributed by atoms with E-state index < -0.39 is 0 Å². The molecule has 0 atom stereocenters. The number of hydrogen-bond donors (Lipinski definition) is 0. The molecule has 0 amide bonds. The fraction of sp³-hybridized carbons (Fsp3) is 0.857. The maximum atomic E-state index is 2.39. The van der Waals surface area contributed by atoms with Gasteiger partial charge in [-0.25, -0.2) is 0 Å². The van der Waals surface area contributed by atoms with Crippen LogP contribution in [0, 0.1) is 0 Å². The molecule has 0 fully saturated rings. The van der Waals surface area contributed by atoms with Gasteiger partial charge in [-0.2, -0.15) is 0 Å². The fourth-order valence-corrected chi connectivity index (χ4v) is 4.46. The molecule has 1 heteroatoms. The quantitative estimate of drug-likeness (QED) is 0.107. The zero-order valence-electron chi connectivity index (χ0n) is 20.3. The predicted octanol–water partition coefficient (Wildman–Crippen LogP) is 11.6. The zero-order chi connectivity index (χ0) is 21.1. The van der Waals surface area contributed by atoms with E-state index in [0.717, 1.165) is 0 Å². The van der Waals surface area contributed by atoms with E-state index in [-0.39, 0.29) is 0 Å². The molecule has 0 aromatic carbocycles. The average Bonchev–Trinajstić information content (AvgIpc) is 2.74. The van der Waals surface area contributed by atoms with Crippen LogP contribution in [0.5, 0.6) is 0 Å². The van der Waals surface area contributed by atoms with E-state index in [1.807, 2.05) is 0 Å². The highest BCUT2D eigenvalue weighted by atomic mass is 31.1. The first-order chi connectivity index (χ1) is 14.4. The first-order valence-corrected chi connectivity index (χ1v) is 14.4. The molecule has 0 nitrogen and oxygen atoms in total. The summed E-state index contributed by atoms with van der Waals surface area (Å²) in [6, 6.07) is 0. The lowest BCUT2D eigenvalue weighted by molar-refractivity contribution is 0.557. The molecule has 1 radical (unpaired) electrons. The molecule has 0 aliphatic heterocycles. The summed E-state index contributed by atoms with van der Waals surface area (Å²) in [5, 5.41) is 0. The van der Waals surface area contributed by atoms with Crippen molar-refractivity contribution in [1.29, 1.82) is 0 Å². The van der Waals surface area contributed by atoms with Crippen molar-refractivity contribution in [2.75, 3.05) is 0 Å². The lowest BCUT2D eigenvalue weighted by Gasteiger charge is -2.01. The summed E-state index contributed by atoms with van der Waals surface area (Å²) in [6.45, 7) is 4.59. The Morgan fingerprint density at radius 1 is 0.379 bits per heavy atom. The molecule has 0 saturated heterocycles. The number of rotatable bonds is 24. The van der Waals surface area contributed by atoms with E-state index in [1.165, 1.54) is 150 Å². The average molecular weight is 422 g/mol.